The van der Waals surface area contributed by atoms with E-state index in [-0.39, 0.29) is 10.7 Å². The number of amides is 2. The van der Waals surface area contributed by atoms with Gasteiger partial charge in [0.25, 0.3) is 11.8 Å². The monoisotopic (exact) mass is 419 g/mol. The molecule has 2 aromatic rings. The summed E-state index contributed by atoms with van der Waals surface area (Å²) in [5.41, 5.74) is 5.48. The van der Waals surface area contributed by atoms with Gasteiger partial charge in [0.05, 0.1) is 28.4 Å². The van der Waals surface area contributed by atoms with Crippen LogP contribution in [-0.4, -0.2) is 45.4 Å². The molecule has 10 heteroatoms. The normalized spacial score (nSPS) is 9.79. The van der Waals surface area contributed by atoms with Crippen molar-refractivity contribution in [1.29, 1.82) is 0 Å². The van der Waals surface area contributed by atoms with Gasteiger partial charge in [-0.05, 0) is 48.6 Å². The van der Waals surface area contributed by atoms with E-state index in [1.54, 1.807) is 24.3 Å². The van der Waals surface area contributed by atoms with Crippen molar-refractivity contribution in [2.24, 2.45) is 0 Å². The number of methoxy groups -OCH3 is 4. The highest BCUT2D eigenvalue weighted by Gasteiger charge is 2.17. The molecule has 0 aliphatic heterocycles. The minimum Gasteiger partial charge on any atom is -0.497 e. The van der Waals surface area contributed by atoms with Crippen LogP contribution in [0.25, 0.3) is 0 Å². The van der Waals surface area contributed by atoms with Gasteiger partial charge >= 0.3 is 0 Å². The molecule has 0 aromatic heterocycles. The van der Waals surface area contributed by atoms with Crippen LogP contribution in [0, 0.1) is 0 Å². The topological polar surface area (TPSA) is 107 Å². The Labute approximate surface area is 173 Å². The first-order valence-corrected chi connectivity index (χ1v) is 8.70. The zero-order valence-electron chi connectivity index (χ0n) is 16.3. The fraction of sp³-hybridized carbons (Fsp3) is 0.211. The van der Waals surface area contributed by atoms with Gasteiger partial charge in [0, 0.05) is 11.1 Å². The third kappa shape index (κ3) is 5.48. The van der Waals surface area contributed by atoms with E-state index >= 15 is 0 Å². The molecule has 2 aromatic carbocycles. The highest BCUT2D eigenvalue weighted by Crippen LogP contribution is 2.38. The van der Waals surface area contributed by atoms with Gasteiger partial charge in [-0.1, -0.05) is 0 Å². The van der Waals surface area contributed by atoms with E-state index in [9.17, 15) is 9.59 Å². The van der Waals surface area contributed by atoms with E-state index in [0.29, 0.717) is 28.6 Å². The maximum atomic E-state index is 12.4. The molecule has 2 amide bonds. The molecule has 0 unspecified atom stereocenters. The van der Waals surface area contributed by atoms with Crippen LogP contribution in [0.1, 0.15) is 20.7 Å². The molecular formula is C19H21N3O6S. The SMILES string of the molecule is COc1ccc(C(=O)NC(=S)NNC(=O)c2cc(OC)c(OC)c(OC)c2)cc1. The van der Waals surface area contributed by atoms with Crippen molar-refractivity contribution in [3.05, 3.63) is 47.5 Å². The second kappa shape index (κ2) is 10.1. The highest BCUT2D eigenvalue weighted by molar-refractivity contribution is 7.80. The molecule has 0 aliphatic carbocycles. The quantitative estimate of drug-likeness (QED) is 0.480. The molecule has 0 saturated heterocycles. The van der Waals surface area contributed by atoms with Gasteiger partial charge < -0.3 is 18.9 Å². The summed E-state index contributed by atoms with van der Waals surface area (Å²) in [5, 5.41) is 2.38. The van der Waals surface area contributed by atoms with E-state index in [1.807, 2.05) is 0 Å². The number of benzene rings is 2. The molecule has 154 valence electrons. The van der Waals surface area contributed by atoms with Crippen LogP contribution in [0.5, 0.6) is 23.0 Å². The average molecular weight is 419 g/mol. The Morgan fingerprint density at radius 2 is 1.34 bits per heavy atom. The molecule has 2 rings (SSSR count). The van der Waals surface area contributed by atoms with Crippen molar-refractivity contribution in [1.82, 2.24) is 16.2 Å². The first kappa shape index (κ1) is 21.8. The number of rotatable bonds is 6. The third-order valence-corrected chi connectivity index (χ3v) is 4.00. The Bertz CT molecular complexity index is 876. The standard InChI is InChI=1S/C19H21N3O6S/c1-25-13-7-5-11(6-8-13)17(23)20-19(29)22-21-18(24)12-9-14(26-2)16(28-4)15(10-12)27-3/h5-10H,1-4H3,(H,21,24)(H2,20,22,23,29). The van der Waals surface area contributed by atoms with Crippen molar-refractivity contribution in [2.75, 3.05) is 28.4 Å². The summed E-state index contributed by atoms with van der Waals surface area (Å²) < 4.78 is 20.7. The Morgan fingerprint density at radius 3 is 1.83 bits per heavy atom. The summed E-state index contributed by atoms with van der Waals surface area (Å²) in [7, 11) is 5.89. The van der Waals surface area contributed by atoms with Crippen molar-refractivity contribution in [3.8, 4) is 23.0 Å². The first-order valence-electron chi connectivity index (χ1n) is 8.29. The summed E-state index contributed by atoms with van der Waals surface area (Å²) >= 11 is 5.03. The van der Waals surface area contributed by atoms with Gasteiger partial charge in [0.15, 0.2) is 16.6 Å². The summed E-state index contributed by atoms with van der Waals surface area (Å²) in [5.74, 6) is 0.680. The lowest BCUT2D eigenvalue weighted by Gasteiger charge is -2.15. The van der Waals surface area contributed by atoms with Gasteiger partial charge in [-0.3, -0.25) is 25.8 Å². The molecule has 0 fully saturated rings. The Hall–Kier alpha value is -3.53. The van der Waals surface area contributed by atoms with Gasteiger partial charge in [0.2, 0.25) is 5.75 Å². The Morgan fingerprint density at radius 1 is 0.759 bits per heavy atom. The number of hydrogen-bond donors (Lipinski definition) is 3. The number of thiocarbonyl (C=S) groups is 1. The molecule has 0 spiro atoms. The second-order valence-corrected chi connectivity index (χ2v) is 5.91. The number of hydrazine groups is 1. The molecular weight excluding hydrogens is 398 g/mol. The highest BCUT2D eigenvalue weighted by atomic mass is 32.1. The van der Waals surface area contributed by atoms with Crippen LogP contribution in [0.4, 0.5) is 0 Å². The van der Waals surface area contributed by atoms with E-state index in [4.69, 9.17) is 31.2 Å². The predicted molar refractivity (Wildman–Crippen MR) is 110 cm³/mol. The lowest BCUT2D eigenvalue weighted by Crippen LogP contribution is -2.48. The van der Waals surface area contributed by atoms with Gasteiger partial charge in [-0.15, -0.1) is 0 Å². The Balaban J connectivity index is 1.99. The molecule has 0 radical (unpaired) electrons. The summed E-state index contributed by atoms with van der Waals surface area (Å²) in [6, 6.07) is 9.44. The van der Waals surface area contributed by atoms with E-state index in [2.05, 4.69) is 16.2 Å². The number of carbonyl (C=O) groups excluding carboxylic acids is 2. The van der Waals surface area contributed by atoms with Crippen molar-refractivity contribution >= 4 is 29.1 Å². The molecule has 0 heterocycles. The van der Waals surface area contributed by atoms with Gasteiger partial charge in [0.1, 0.15) is 5.75 Å². The maximum absolute atomic E-state index is 12.4. The minimum absolute atomic E-state index is 0.0772. The van der Waals surface area contributed by atoms with Crippen LogP contribution in [0.15, 0.2) is 36.4 Å². The number of ether oxygens (including phenoxy) is 4. The molecule has 0 aliphatic rings. The molecule has 0 bridgehead atoms. The lowest BCUT2D eigenvalue weighted by molar-refractivity contribution is 0.0934. The molecule has 0 saturated carbocycles. The summed E-state index contributed by atoms with van der Waals surface area (Å²) in [6.07, 6.45) is 0. The van der Waals surface area contributed by atoms with Crippen LogP contribution in [0.3, 0.4) is 0 Å². The van der Waals surface area contributed by atoms with Crippen molar-refractivity contribution < 1.29 is 28.5 Å². The van der Waals surface area contributed by atoms with E-state index in [0.717, 1.165) is 0 Å². The second-order valence-electron chi connectivity index (χ2n) is 5.50. The number of carbonyl (C=O) groups is 2. The average Bonchev–Trinajstić information content (AvgIpc) is 2.76. The summed E-state index contributed by atoms with van der Waals surface area (Å²) in [6.45, 7) is 0. The summed E-state index contributed by atoms with van der Waals surface area (Å²) in [4.78, 5) is 24.6. The first-order chi connectivity index (χ1) is 13.9. The minimum atomic E-state index is -0.523. The smallest absolute Gasteiger partial charge is 0.269 e. The van der Waals surface area contributed by atoms with Crippen molar-refractivity contribution in [3.63, 3.8) is 0 Å². The zero-order chi connectivity index (χ0) is 21.4. The fourth-order valence-electron chi connectivity index (χ4n) is 2.35. The van der Waals surface area contributed by atoms with Gasteiger partial charge in [-0.25, -0.2) is 0 Å². The van der Waals surface area contributed by atoms with Crippen LogP contribution >= 0.6 is 12.2 Å². The zero-order valence-corrected chi connectivity index (χ0v) is 17.1. The fourth-order valence-corrected chi connectivity index (χ4v) is 2.49. The molecule has 0 atom stereocenters. The van der Waals surface area contributed by atoms with Crippen molar-refractivity contribution in [2.45, 2.75) is 0 Å². The van der Waals surface area contributed by atoms with Crippen LogP contribution < -0.4 is 35.1 Å². The van der Waals surface area contributed by atoms with Crippen LogP contribution in [-0.2, 0) is 0 Å². The molecule has 3 N–H and O–H groups in total. The van der Waals surface area contributed by atoms with Gasteiger partial charge in [-0.2, -0.15) is 0 Å². The maximum Gasteiger partial charge on any atom is 0.269 e. The molecule has 9 nitrogen and oxygen atoms in total. The van der Waals surface area contributed by atoms with E-state index in [1.165, 1.54) is 40.6 Å². The largest absolute Gasteiger partial charge is 0.497 e. The lowest BCUT2D eigenvalue weighted by atomic mass is 10.1. The number of nitrogens with one attached hydrogen (secondary N) is 3. The third-order valence-electron chi connectivity index (χ3n) is 3.80. The molecule has 29 heavy (non-hydrogen) atoms. The Kier molecular flexibility index (Phi) is 7.61. The predicted octanol–water partition coefficient (Wildman–Crippen LogP) is 1.67. The van der Waals surface area contributed by atoms with Crippen LogP contribution in [0.2, 0.25) is 0 Å². The van der Waals surface area contributed by atoms with E-state index < -0.39 is 11.8 Å². The number of hydrogen-bond acceptors (Lipinski definition) is 7.